The van der Waals surface area contributed by atoms with Crippen LogP contribution in [0.4, 0.5) is 0 Å². The summed E-state index contributed by atoms with van der Waals surface area (Å²) in [4.78, 5) is 12.7. The summed E-state index contributed by atoms with van der Waals surface area (Å²) in [5, 5.41) is 3.54. The zero-order chi connectivity index (χ0) is 20.5. The first-order valence-electron chi connectivity index (χ1n) is 11.7. The molecule has 1 aromatic carbocycles. The van der Waals surface area contributed by atoms with Crippen LogP contribution in [0.5, 0.6) is 0 Å². The highest BCUT2D eigenvalue weighted by molar-refractivity contribution is 5.80. The molecule has 0 saturated carbocycles. The summed E-state index contributed by atoms with van der Waals surface area (Å²) in [6, 6.07) is 11.5. The average molecular weight is 400 g/mol. The van der Waals surface area contributed by atoms with Crippen LogP contribution in [-0.2, 0) is 6.42 Å². The molecule has 1 N–H and O–H groups in total. The number of rotatable bonds is 7. The molecule has 2 fully saturated rings. The van der Waals surface area contributed by atoms with Gasteiger partial charge in [0.2, 0.25) is 0 Å². The van der Waals surface area contributed by atoms with Crippen molar-refractivity contribution >= 4 is 5.96 Å². The van der Waals surface area contributed by atoms with Gasteiger partial charge < -0.3 is 15.1 Å². The lowest BCUT2D eigenvalue weighted by Crippen LogP contribution is -2.50. The van der Waals surface area contributed by atoms with Crippen molar-refractivity contribution in [1.82, 2.24) is 20.0 Å². The number of piperidine rings is 1. The van der Waals surface area contributed by atoms with Gasteiger partial charge in [-0.3, -0.25) is 9.89 Å². The molecule has 0 bridgehead atoms. The van der Waals surface area contributed by atoms with Crippen LogP contribution in [0.25, 0.3) is 0 Å². The van der Waals surface area contributed by atoms with Crippen molar-refractivity contribution in [3.63, 3.8) is 0 Å². The molecule has 2 saturated heterocycles. The Hall–Kier alpha value is -1.59. The Labute approximate surface area is 178 Å². The number of nitrogens with one attached hydrogen (secondary N) is 1. The van der Waals surface area contributed by atoms with Crippen molar-refractivity contribution in [2.75, 3.05) is 58.9 Å². The van der Waals surface area contributed by atoms with Gasteiger partial charge in [0.1, 0.15) is 0 Å². The Morgan fingerprint density at radius 2 is 1.72 bits per heavy atom. The zero-order valence-corrected chi connectivity index (χ0v) is 18.8. The molecule has 2 heterocycles. The predicted molar refractivity (Wildman–Crippen MR) is 124 cm³/mol. The molecule has 29 heavy (non-hydrogen) atoms. The molecule has 3 rings (SSSR count). The minimum atomic E-state index is 0.512. The van der Waals surface area contributed by atoms with E-state index in [1.54, 1.807) is 0 Å². The van der Waals surface area contributed by atoms with Crippen LogP contribution in [0.2, 0.25) is 0 Å². The maximum atomic E-state index is 5.04. The molecule has 1 atom stereocenters. The fourth-order valence-electron chi connectivity index (χ4n) is 4.58. The number of hydrogen-bond acceptors (Lipinski definition) is 3. The summed E-state index contributed by atoms with van der Waals surface area (Å²) in [6.45, 7) is 16.7. The molecule has 0 amide bonds. The van der Waals surface area contributed by atoms with E-state index < -0.39 is 0 Å². The van der Waals surface area contributed by atoms with E-state index >= 15 is 0 Å². The molecule has 5 heteroatoms. The maximum Gasteiger partial charge on any atom is 0.193 e. The van der Waals surface area contributed by atoms with Gasteiger partial charge >= 0.3 is 0 Å². The highest BCUT2D eigenvalue weighted by atomic mass is 15.3. The van der Waals surface area contributed by atoms with Gasteiger partial charge in [0, 0.05) is 51.9 Å². The van der Waals surface area contributed by atoms with Crippen LogP contribution >= 0.6 is 0 Å². The SMILES string of the molecule is CCNC(=NCC(C)N1CCN(CC)CC1)N1CCC(Cc2ccccc2)CC1. The lowest BCUT2D eigenvalue weighted by Gasteiger charge is -2.37. The molecular weight excluding hydrogens is 358 g/mol. The predicted octanol–water partition coefficient (Wildman–Crippen LogP) is 2.93. The average Bonchev–Trinajstić information content (AvgIpc) is 2.78. The molecule has 2 aliphatic heterocycles. The standard InChI is InChI=1S/C24H41N5/c1-4-25-24(26-20-21(3)28-17-15-27(5-2)16-18-28)29-13-11-23(12-14-29)19-22-9-7-6-8-10-22/h6-10,21,23H,4-5,11-20H2,1-3H3,(H,25,26). The van der Waals surface area contributed by atoms with Crippen LogP contribution in [0.1, 0.15) is 39.2 Å². The van der Waals surface area contributed by atoms with Gasteiger partial charge in [-0.15, -0.1) is 0 Å². The first kappa shape index (κ1) is 22.1. The number of likely N-dealkylation sites (tertiary alicyclic amines) is 1. The molecule has 1 unspecified atom stereocenters. The number of likely N-dealkylation sites (N-methyl/N-ethyl adjacent to an activating group) is 1. The third-order valence-corrected chi connectivity index (χ3v) is 6.60. The maximum absolute atomic E-state index is 5.04. The molecule has 2 aliphatic rings. The van der Waals surface area contributed by atoms with Crippen molar-refractivity contribution in [1.29, 1.82) is 0 Å². The zero-order valence-electron chi connectivity index (χ0n) is 18.8. The van der Waals surface area contributed by atoms with Crippen molar-refractivity contribution in [3.8, 4) is 0 Å². The first-order chi connectivity index (χ1) is 14.2. The highest BCUT2D eigenvalue weighted by Gasteiger charge is 2.23. The Bertz CT molecular complexity index is 601. The highest BCUT2D eigenvalue weighted by Crippen LogP contribution is 2.21. The largest absolute Gasteiger partial charge is 0.357 e. The topological polar surface area (TPSA) is 34.1 Å². The van der Waals surface area contributed by atoms with Gasteiger partial charge in [-0.1, -0.05) is 37.3 Å². The lowest BCUT2D eigenvalue weighted by atomic mass is 9.90. The second-order valence-corrected chi connectivity index (χ2v) is 8.63. The monoisotopic (exact) mass is 399 g/mol. The molecule has 162 valence electrons. The van der Waals surface area contributed by atoms with E-state index in [4.69, 9.17) is 4.99 Å². The minimum absolute atomic E-state index is 0.512. The summed E-state index contributed by atoms with van der Waals surface area (Å²) < 4.78 is 0. The van der Waals surface area contributed by atoms with Crippen molar-refractivity contribution in [2.45, 2.75) is 46.1 Å². The smallest absolute Gasteiger partial charge is 0.193 e. The summed E-state index contributed by atoms with van der Waals surface area (Å²) in [7, 11) is 0. The number of benzene rings is 1. The summed E-state index contributed by atoms with van der Waals surface area (Å²) >= 11 is 0. The molecule has 1 aromatic rings. The van der Waals surface area contributed by atoms with E-state index in [9.17, 15) is 0 Å². The number of nitrogens with zero attached hydrogens (tertiary/aromatic N) is 4. The fourth-order valence-corrected chi connectivity index (χ4v) is 4.58. The second-order valence-electron chi connectivity index (χ2n) is 8.63. The number of guanidine groups is 1. The van der Waals surface area contributed by atoms with Crippen LogP contribution in [0.3, 0.4) is 0 Å². The lowest BCUT2D eigenvalue weighted by molar-refractivity contribution is 0.109. The van der Waals surface area contributed by atoms with Crippen LogP contribution < -0.4 is 5.32 Å². The Balaban J connectivity index is 1.48. The summed E-state index contributed by atoms with van der Waals surface area (Å²) in [5.74, 6) is 1.91. The van der Waals surface area contributed by atoms with E-state index in [0.717, 1.165) is 38.1 Å². The third kappa shape index (κ3) is 6.71. The van der Waals surface area contributed by atoms with Crippen LogP contribution in [0.15, 0.2) is 35.3 Å². The quantitative estimate of drug-likeness (QED) is 0.565. The molecule has 0 radical (unpaired) electrons. The molecular formula is C24H41N5. The van der Waals surface area contributed by atoms with Gasteiger partial charge in [-0.25, -0.2) is 0 Å². The van der Waals surface area contributed by atoms with Gasteiger partial charge in [-0.2, -0.15) is 0 Å². The van der Waals surface area contributed by atoms with Gasteiger partial charge in [0.05, 0.1) is 6.54 Å². The Morgan fingerprint density at radius 3 is 2.34 bits per heavy atom. The molecule has 0 aromatic heterocycles. The van der Waals surface area contributed by atoms with Crippen molar-refractivity contribution in [3.05, 3.63) is 35.9 Å². The first-order valence-corrected chi connectivity index (χ1v) is 11.7. The number of piperazine rings is 1. The van der Waals surface area contributed by atoms with E-state index in [-0.39, 0.29) is 0 Å². The van der Waals surface area contributed by atoms with Crippen molar-refractivity contribution < 1.29 is 0 Å². The normalized spacial score (nSPS) is 21.3. The minimum Gasteiger partial charge on any atom is -0.357 e. The number of aliphatic imine (C=N–C) groups is 1. The Morgan fingerprint density at radius 1 is 1.03 bits per heavy atom. The van der Waals surface area contributed by atoms with Crippen LogP contribution in [0, 0.1) is 5.92 Å². The Kier molecular flexibility index (Phi) is 8.81. The molecule has 0 aliphatic carbocycles. The van der Waals surface area contributed by atoms with Crippen molar-refractivity contribution in [2.24, 2.45) is 10.9 Å². The van der Waals surface area contributed by atoms with Gasteiger partial charge in [0.25, 0.3) is 0 Å². The molecule has 0 spiro atoms. The van der Waals surface area contributed by atoms with Crippen LogP contribution in [-0.4, -0.2) is 85.6 Å². The van der Waals surface area contributed by atoms with Gasteiger partial charge in [0.15, 0.2) is 5.96 Å². The summed E-state index contributed by atoms with van der Waals surface area (Å²) in [6.07, 6.45) is 3.73. The third-order valence-electron chi connectivity index (χ3n) is 6.60. The van der Waals surface area contributed by atoms with E-state index in [1.165, 1.54) is 57.5 Å². The second kappa shape index (κ2) is 11.6. The number of hydrogen-bond donors (Lipinski definition) is 1. The fraction of sp³-hybridized carbons (Fsp3) is 0.708. The summed E-state index contributed by atoms with van der Waals surface area (Å²) in [5.41, 5.74) is 1.48. The van der Waals surface area contributed by atoms with E-state index in [2.05, 4.69) is 71.1 Å². The molecule has 5 nitrogen and oxygen atoms in total. The van der Waals surface area contributed by atoms with Gasteiger partial charge in [-0.05, 0) is 51.1 Å². The van der Waals surface area contributed by atoms with E-state index in [0.29, 0.717) is 6.04 Å². The van der Waals surface area contributed by atoms with E-state index in [1.807, 2.05) is 0 Å².